The van der Waals surface area contributed by atoms with Crippen molar-refractivity contribution >= 4 is 38.9 Å². The van der Waals surface area contributed by atoms with E-state index in [4.69, 9.17) is 16.3 Å². The molecule has 8 heteroatoms. The van der Waals surface area contributed by atoms with Crippen molar-refractivity contribution in [2.45, 2.75) is 24.7 Å². The summed E-state index contributed by atoms with van der Waals surface area (Å²) in [6.45, 7) is 3.66. The number of para-hydroxylation sites is 1. The number of benzene rings is 4. The molecule has 0 heterocycles. The minimum atomic E-state index is -4.03. The van der Waals surface area contributed by atoms with Crippen LogP contribution in [0.2, 0.25) is 5.02 Å². The molecule has 0 aliphatic heterocycles. The van der Waals surface area contributed by atoms with E-state index >= 15 is 0 Å². The van der Waals surface area contributed by atoms with Crippen molar-refractivity contribution in [2.75, 3.05) is 16.2 Å². The monoisotopic (exact) mass is 534 g/mol. The number of halogens is 1. The van der Waals surface area contributed by atoms with Gasteiger partial charge in [0.05, 0.1) is 16.3 Å². The summed E-state index contributed by atoms with van der Waals surface area (Å²) in [6.07, 6.45) is 0. The zero-order valence-electron chi connectivity index (χ0n) is 20.5. The number of hydrogen-bond acceptors (Lipinski definition) is 4. The standard InChI is InChI=1S/C29H27ClN2O4S/c1-21(2)22-13-16-24(17-14-22)32(37(34,35)26-11-7-4-8-12-26)20-29(33)31-27-19-23(30)15-18-28(27)36-25-9-5-3-6-10-25/h3-19,21H,20H2,1-2H3,(H,31,33). The number of carbonyl (C=O) groups excluding carboxylic acids is 1. The molecule has 0 aliphatic carbocycles. The van der Waals surface area contributed by atoms with Crippen molar-refractivity contribution in [3.63, 3.8) is 0 Å². The molecule has 37 heavy (non-hydrogen) atoms. The van der Waals surface area contributed by atoms with E-state index in [1.165, 1.54) is 12.1 Å². The Morgan fingerprint density at radius 1 is 0.892 bits per heavy atom. The Bertz CT molecular complexity index is 1460. The summed E-state index contributed by atoms with van der Waals surface area (Å²) >= 11 is 6.18. The Kier molecular flexibility index (Phi) is 8.16. The molecule has 0 saturated carbocycles. The predicted octanol–water partition coefficient (Wildman–Crippen LogP) is 7.09. The molecule has 4 rings (SSSR count). The molecule has 4 aromatic carbocycles. The van der Waals surface area contributed by atoms with Gasteiger partial charge in [-0.2, -0.15) is 0 Å². The molecule has 0 bridgehead atoms. The Labute approximate surface area is 222 Å². The van der Waals surface area contributed by atoms with E-state index in [-0.39, 0.29) is 10.8 Å². The van der Waals surface area contributed by atoms with E-state index in [2.05, 4.69) is 19.2 Å². The van der Waals surface area contributed by atoms with Crippen LogP contribution in [0, 0.1) is 0 Å². The third-order valence-electron chi connectivity index (χ3n) is 5.65. The molecular weight excluding hydrogens is 508 g/mol. The fourth-order valence-electron chi connectivity index (χ4n) is 3.68. The van der Waals surface area contributed by atoms with Gasteiger partial charge in [0.25, 0.3) is 10.0 Å². The van der Waals surface area contributed by atoms with Crippen LogP contribution in [0.1, 0.15) is 25.3 Å². The predicted molar refractivity (Wildman–Crippen MR) is 148 cm³/mol. The first-order chi connectivity index (χ1) is 17.7. The van der Waals surface area contributed by atoms with E-state index in [1.807, 2.05) is 30.3 Å². The number of sulfonamides is 1. The molecule has 0 radical (unpaired) electrons. The van der Waals surface area contributed by atoms with Gasteiger partial charge in [-0.05, 0) is 66.1 Å². The maximum atomic E-state index is 13.6. The van der Waals surface area contributed by atoms with Gasteiger partial charge in [-0.25, -0.2) is 8.42 Å². The third-order valence-corrected chi connectivity index (χ3v) is 7.68. The maximum Gasteiger partial charge on any atom is 0.264 e. The number of rotatable bonds is 9. The summed E-state index contributed by atoms with van der Waals surface area (Å²) in [4.78, 5) is 13.3. The van der Waals surface area contributed by atoms with Crippen LogP contribution < -0.4 is 14.4 Å². The van der Waals surface area contributed by atoms with Gasteiger partial charge < -0.3 is 10.1 Å². The first-order valence-electron chi connectivity index (χ1n) is 11.7. The topological polar surface area (TPSA) is 75.7 Å². The van der Waals surface area contributed by atoms with Crippen LogP contribution >= 0.6 is 11.6 Å². The molecular formula is C29H27ClN2O4S. The maximum absolute atomic E-state index is 13.6. The van der Waals surface area contributed by atoms with E-state index in [0.29, 0.717) is 27.9 Å². The summed E-state index contributed by atoms with van der Waals surface area (Å²) in [5.74, 6) is 0.691. The highest BCUT2D eigenvalue weighted by molar-refractivity contribution is 7.92. The van der Waals surface area contributed by atoms with Crippen molar-refractivity contribution < 1.29 is 17.9 Å². The molecule has 1 N–H and O–H groups in total. The average Bonchev–Trinajstić information content (AvgIpc) is 2.90. The summed E-state index contributed by atoms with van der Waals surface area (Å²) in [7, 11) is -4.03. The van der Waals surface area contributed by atoms with Gasteiger partial charge in [0.2, 0.25) is 5.91 Å². The van der Waals surface area contributed by atoms with Crippen LogP contribution in [0.4, 0.5) is 11.4 Å². The van der Waals surface area contributed by atoms with E-state index in [9.17, 15) is 13.2 Å². The molecule has 4 aromatic rings. The van der Waals surface area contributed by atoms with Crippen molar-refractivity contribution in [1.29, 1.82) is 0 Å². The molecule has 0 fully saturated rings. The van der Waals surface area contributed by atoms with Crippen molar-refractivity contribution in [1.82, 2.24) is 0 Å². The van der Waals surface area contributed by atoms with Crippen LogP contribution in [0.25, 0.3) is 0 Å². The number of nitrogens with zero attached hydrogens (tertiary/aromatic N) is 1. The summed E-state index contributed by atoms with van der Waals surface area (Å²) < 4.78 is 34.2. The second-order valence-corrected chi connectivity index (χ2v) is 11.0. The normalized spacial score (nSPS) is 11.2. The van der Waals surface area contributed by atoms with Gasteiger partial charge in [0.15, 0.2) is 5.75 Å². The van der Waals surface area contributed by atoms with E-state index < -0.39 is 22.5 Å². The summed E-state index contributed by atoms with van der Waals surface area (Å²) in [5, 5.41) is 3.17. The second-order valence-electron chi connectivity index (χ2n) is 8.67. The minimum Gasteiger partial charge on any atom is -0.455 e. The van der Waals surface area contributed by atoms with Crippen LogP contribution in [0.15, 0.2) is 108 Å². The molecule has 1 amide bonds. The number of nitrogens with one attached hydrogen (secondary N) is 1. The second kappa shape index (κ2) is 11.5. The lowest BCUT2D eigenvalue weighted by Crippen LogP contribution is -2.38. The molecule has 0 saturated heterocycles. The zero-order valence-corrected chi connectivity index (χ0v) is 22.0. The van der Waals surface area contributed by atoms with Gasteiger partial charge in [-0.1, -0.05) is 74.0 Å². The van der Waals surface area contributed by atoms with Gasteiger partial charge in [-0.15, -0.1) is 0 Å². The molecule has 0 spiro atoms. The molecule has 0 aromatic heterocycles. The van der Waals surface area contributed by atoms with Crippen molar-refractivity contribution in [2.24, 2.45) is 0 Å². The highest BCUT2D eigenvalue weighted by atomic mass is 35.5. The van der Waals surface area contributed by atoms with Gasteiger partial charge >= 0.3 is 0 Å². The van der Waals surface area contributed by atoms with Crippen LogP contribution in [-0.4, -0.2) is 20.9 Å². The largest absolute Gasteiger partial charge is 0.455 e. The van der Waals surface area contributed by atoms with Crippen LogP contribution in [-0.2, 0) is 14.8 Å². The zero-order chi connectivity index (χ0) is 26.4. The molecule has 190 valence electrons. The first kappa shape index (κ1) is 26.3. The first-order valence-corrected chi connectivity index (χ1v) is 13.6. The van der Waals surface area contributed by atoms with Crippen molar-refractivity contribution in [3.8, 4) is 11.5 Å². The Morgan fingerprint density at radius 2 is 1.51 bits per heavy atom. The highest BCUT2D eigenvalue weighted by Crippen LogP contribution is 2.32. The molecule has 0 aliphatic rings. The van der Waals surface area contributed by atoms with E-state index in [1.54, 1.807) is 60.7 Å². The smallest absolute Gasteiger partial charge is 0.264 e. The lowest BCUT2D eigenvalue weighted by Gasteiger charge is -2.25. The molecule has 0 atom stereocenters. The van der Waals surface area contributed by atoms with E-state index in [0.717, 1.165) is 9.87 Å². The average molecular weight is 535 g/mol. The van der Waals surface area contributed by atoms with Gasteiger partial charge in [-0.3, -0.25) is 9.10 Å². The fourth-order valence-corrected chi connectivity index (χ4v) is 5.30. The highest BCUT2D eigenvalue weighted by Gasteiger charge is 2.27. The van der Waals surface area contributed by atoms with Crippen LogP contribution in [0.5, 0.6) is 11.5 Å². The number of carbonyl (C=O) groups is 1. The Morgan fingerprint density at radius 3 is 2.14 bits per heavy atom. The lowest BCUT2D eigenvalue weighted by atomic mass is 10.0. The lowest BCUT2D eigenvalue weighted by molar-refractivity contribution is -0.114. The van der Waals surface area contributed by atoms with Gasteiger partial charge in [0, 0.05) is 5.02 Å². The number of anilines is 2. The Balaban J connectivity index is 1.64. The SMILES string of the molecule is CC(C)c1ccc(N(CC(=O)Nc2cc(Cl)ccc2Oc2ccccc2)S(=O)(=O)c2ccccc2)cc1. The summed E-state index contributed by atoms with van der Waals surface area (Å²) in [6, 6.07) is 29.2. The number of hydrogen-bond donors (Lipinski definition) is 1. The number of amides is 1. The Hall–Kier alpha value is -3.81. The van der Waals surface area contributed by atoms with Gasteiger partial charge in [0.1, 0.15) is 12.3 Å². The quantitative estimate of drug-likeness (QED) is 0.249. The molecule has 0 unspecified atom stereocenters. The summed E-state index contributed by atoms with van der Waals surface area (Å²) in [5.41, 5.74) is 1.77. The third kappa shape index (κ3) is 6.50. The minimum absolute atomic E-state index is 0.0894. The van der Waals surface area contributed by atoms with Crippen LogP contribution in [0.3, 0.4) is 0 Å². The van der Waals surface area contributed by atoms with Crippen molar-refractivity contribution in [3.05, 3.63) is 114 Å². The fraction of sp³-hybridized carbons (Fsp3) is 0.138. The molecule has 6 nitrogen and oxygen atoms in total. The number of ether oxygens (including phenoxy) is 1.